The number of nitrogens with one attached hydrogen (secondary N) is 2. The van der Waals surface area contributed by atoms with Crippen molar-refractivity contribution in [2.75, 3.05) is 17.5 Å². The molecule has 0 fully saturated rings. The van der Waals surface area contributed by atoms with Gasteiger partial charge in [0.1, 0.15) is 0 Å². The predicted molar refractivity (Wildman–Crippen MR) is 123 cm³/mol. The fraction of sp³-hybridized carbons (Fsp3) is 0.409. The van der Waals surface area contributed by atoms with Gasteiger partial charge in [-0.15, -0.1) is 0 Å². The minimum Gasteiger partial charge on any atom is -0.379 e. The summed E-state index contributed by atoms with van der Waals surface area (Å²) in [4.78, 5) is 0.871. The van der Waals surface area contributed by atoms with E-state index >= 15 is 0 Å². The first-order valence-corrected chi connectivity index (χ1v) is 11.8. The maximum absolute atomic E-state index is 11.2. The van der Waals surface area contributed by atoms with Crippen LogP contribution >= 0.6 is 12.2 Å². The Bertz CT molecular complexity index is 882. The molecule has 2 aromatic carbocycles. The number of hydrogen-bond donors (Lipinski definition) is 2. The Hall–Kier alpha value is -1.92. The number of aryl methyl sites for hydroxylation is 1. The van der Waals surface area contributed by atoms with Crippen molar-refractivity contribution in [3.63, 3.8) is 0 Å². The smallest absolute Gasteiger partial charge is 0.229 e. The third-order valence-electron chi connectivity index (χ3n) is 4.45. The van der Waals surface area contributed by atoms with Gasteiger partial charge in [-0.05, 0) is 47.1 Å². The van der Waals surface area contributed by atoms with Gasteiger partial charge in [-0.3, -0.25) is 4.72 Å². The number of sulfonamides is 1. The van der Waals surface area contributed by atoms with Crippen molar-refractivity contribution in [2.45, 2.75) is 45.4 Å². The minimum absolute atomic E-state index is 0.175. The van der Waals surface area contributed by atoms with Crippen LogP contribution < -0.4 is 10.0 Å². The molecule has 6 heteroatoms. The number of hydrogen-bond acceptors (Lipinski definition) is 3. The normalized spacial score (nSPS) is 11.9. The zero-order valence-corrected chi connectivity index (χ0v) is 18.7. The van der Waals surface area contributed by atoms with E-state index in [2.05, 4.69) is 55.1 Å². The average molecular weight is 419 g/mol. The molecule has 0 atom stereocenters. The van der Waals surface area contributed by atoms with E-state index in [1.165, 1.54) is 11.1 Å². The van der Waals surface area contributed by atoms with Crippen LogP contribution in [0.1, 0.15) is 43.9 Å². The zero-order chi connectivity index (χ0) is 20.8. The first-order valence-electron chi connectivity index (χ1n) is 9.46. The van der Waals surface area contributed by atoms with E-state index in [4.69, 9.17) is 12.2 Å². The molecule has 0 spiro atoms. The quantitative estimate of drug-likeness (QED) is 0.622. The SMILES string of the molecule is CC(C)(C)c1ccc(CCC(=S)NCCc2ccc(NS(C)(=O)=O)cc2)cc1. The first kappa shape index (κ1) is 22.4. The summed E-state index contributed by atoms with van der Waals surface area (Å²) in [6.07, 6.45) is 3.74. The largest absolute Gasteiger partial charge is 0.379 e. The molecule has 2 N–H and O–H groups in total. The molecule has 0 saturated heterocycles. The van der Waals surface area contributed by atoms with Crippen LogP contribution in [0.5, 0.6) is 0 Å². The molecule has 0 amide bonds. The molecule has 152 valence electrons. The molecule has 2 aromatic rings. The fourth-order valence-corrected chi connectivity index (χ4v) is 3.59. The second kappa shape index (κ2) is 9.52. The van der Waals surface area contributed by atoms with Crippen LogP contribution in [0.2, 0.25) is 0 Å². The lowest BCUT2D eigenvalue weighted by Gasteiger charge is -2.19. The van der Waals surface area contributed by atoms with Crippen molar-refractivity contribution >= 4 is 32.9 Å². The Balaban J connectivity index is 1.72. The van der Waals surface area contributed by atoms with Gasteiger partial charge in [0.05, 0.1) is 11.2 Å². The molecule has 0 bridgehead atoms. The van der Waals surface area contributed by atoms with E-state index in [0.717, 1.165) is 42.6 Å². The lowest BCUT2D eigenvalue weighted by molar-refractivity contribution is 0.590. The molecule has 0 aliphatic heterocycles. The van der Waals surface area contributed by atoms with Gasteiger partial charge in [0, 0.05) is 18.7 Å². The predicted octanol–water partition coefficient (Wildman–Crippen LogP) is 4.45. The molecule has 0 unspecified atom stereocenters. The Morgan fingerprint density at radius 3 is 2.00 bits per heavy atom. The molecule has 28 heavy (non-hydrogen) atoms. The summed E-state index contributed by atoms with van der Waals surface area (Å²) in [6.45, 7) is 7.42. The highest BCUT2D eigenvalue weighted by molar-refractivity contribution is 7.92. The lowest BCUT2D eigenvalue weighted by Crippen LogP contribution is -2.24. The minimum atomic E-state index is -3.24. The molecule has 0 aromatic heterocycles. The third kappa shape index (κ3) is 7.98. The van der Waals surface area contributed by atoms with Crippen LogP contribution in [0.15, 0.2) is 48.5 Å². The molecule has 4 nitrogen and oxygen atoms in total. The van der Waals surface area contributed by atoms with Gasteiger partial charge in [-0.2, -0.15) is 0 Å². The van der Waals surface area contributed by atoms with Gasteiger partial charge >= 0.3 is 0 Å². The van der Waals surface area contributed by atoms with E-state index in [0.29, 0.717) is 5.69 Å². The lowest BCUT2D eigenvalue weighted by atomic mass is 9.86. The first-order chi connectivity index (χ1) is 13.0. The molecule has 0 aliphatic carbocycles. The van der Waals surface area contributed by atoms with Gasteiger partial charge in [-0.25, -0.2) is 8.42 Å². The fourth-order valence-electron chi connectivity index (χ4n) is 2.82. The van der Waals surface area contributed by atoms with Crippen molar-refractivity contribution < 1.29 is 8.42 Å². The monoisotopic (exact) mass is 418 g/mol. The van der Waals surface area contributed by atoms with Crippen LogP contribution in [-0.4, -0.2) is 26.2 Å². The van der Waals surface area contributed by atoms with E-state index in [1.807, 2.05) is 12.1 Å². The van der Waals surface area contributed by atoms with Crippen molar-refractivity contribution in [1.29, 1.82) is 0 Å². The highest BCUT2D eigenvalue weighted by Crippen LogP contribution is 2.22. The molecule has 0 heterocycles. The molecule has 0 aliphatic rings. The summed E-state index contributed by atoms with van der Waals surface area (Å²) < 4.78 is 24.9. The highest BCUT2D eigenvalue weighted by atomic mass is 32.2. The third-order valence-corrected chi connectivity index (χ3v) is 5.41. The van der Waals surface area contributed by atoms with E-state index < -0.39 is 10.0 Å². The Morgan fingerprint density at radius 2 is 1.46 bits per heavy atom. The summed E-state index contributed by atoms with van der Waals surface area (Å²) in [5, 5.41) is 3.31. The summed E-state index contributed by atoms with van der Waals surface area (Å²) in [5.41, 5.74) is 4.52. The maximum Gasteiger partial charge on any atom is 0.229 e. The average Bonchev–Trinajstić information content (AvgIpc) is 2.60. The zero-order valence-electron chi connectivity index (χ0n) is 17.1. The van der Waals surface area contributed by atoms with Gasteiger partial charge < -0.3 is 5.32 Å². The Kier molecular flexibility index (Phi) is 7.61. The topological polar surface area (TPSA) is 58.2 Å². The van der Waals surface area contributed by atoms with Crippen molar-refractivity contribution in [3.8, 4) is 0 Å². The van der Waals surface area contributed by atoms with Crippen molar-refractivity contribution in [2.24, 2.45) is 0 Å². The van der Waals surface area contributed by atoms with Crippen LogP contribution in [0, 0.1) is 0 Å². The second-order valence-electron chi connectivity index (χ2n) is 8.12. The van der Waals surface area contributed by atoms with Gasteiger partial charge in [0.15, 0.2) is 0 Å². The summed E-state index contributed by atoms with van der Waals surface area (Å²) in [5.74, 6) is 0. The Labute approximate surface area is 174 Å². The van der Waals surface area contributed by atoms with Gasteiger partial charge in [0.25, 0.3) is 0 Å². The van der Waals surface area contributed by atoms with Crippen molar-refractivity contribution in [3.05, 3.63) is 65.2 Å². The van der Waals surface area contributed by atoms with E-state index in [9.17, 15) is 8.42 Å². The van der Waals surface area contributed by atoms with E-state index in [-0.39, 0.29) is 5.41 Å². The highest BCUT2D eigenvalue weighted by Gasteiger charge is 2.12. The van der Waals surface area contributed by atoms with E-state index in [1.54, 1.807) is 12.1 Å². The molecular weight excluding hydrogens is 388 g/mol. The summed E-state index contributed by atoms with van der Waals surface area (Å²) >= 11 is 5.45. The summed E-state index contributed by atoms with van der Waals surface area (Å²) in [7, 11) is -3.24. The number of rotatable bonds is 8. The van der Waals surface area contributed by atoms with Crippen molar-refractivity contribution in [1.82, 2.24) is 5.32 Å². The van der Waals surface area contributed by atoms with Gasteiger partial charge in [-0.1, -0.05) is 69.4 Å². The molecular formula is C22H30N2O2S2. The van der Waals surface area contributed by atoms with Crippen LogP contribution in [-0.2, 0) is 28.3 Å². The van der Waals surface area contributed by atoms with Crippen LogP contribution in [0.25, 0.3) is 0 Å². The molecule has 2 rings (SSSR count). The maximum atomic E-state index is 11.2. The molecule has 0 radical (unpaired) electrons. The summed E-state index contributed by atoms with van der Waals surface area (Å²) in [6, 6.07) is 16.2. The number of anilines is 1. The second-order valence-corrected chi connectivity index (χ2v) is 10.4. The standard InChI is InChI=1S/C22H30N2O2S2/c1-22(2,3)19-10-5-17(6-11-19)9-14-21(27)23-16-15-18-7-12-20(13-8-18)24-28(4,25)26/h5-8,10-13,24H,9,14-16H2,1-4H3,(H,23,27). The van der Waals surface area contributed by atoms with Crippen LogP contribution in [0.4, 0.5) is 5.69 Å². The Morgan fingerprint density at radius 1 is 0.929 bits per heavy atom. The number of benzene rings is 2. The van der Waals surface area contributed by atoms with Crippen LogP contribution in [0.3, 0.4) is 0 Å². The van der Waals surface area contributed by atoms with Gasteiger partial charge in [0.2, 0.25) is 10.0 Å². The molecule has 0 saturated carbocycles. The number of thiocarbonyl (C=S) groups is 1.